The number of aryl methyl sites for hydroxylation is 1. The Morgan fingerprint density at radius 3 is 2.52 bits per heavy atom. The Labute approximate surface area is 147 Å². The van der Waals surface area contributed by atoms with Crippen molar-refractivity contribution in [3.63, 3.8) is 0 Å². The van der Waals surface area contributed by atoms with Gasteiger partial charge in [-0.2, -0.15) is 0 Å². The number of nitrogen functional groups attached to an aromatic ring is 1. The first-order valence-corrected chi connectivity index (χ1v) is 8.54. The van der Waals surface area contributed by atoms with Gasteiger partial charge in [-0.05, 0) is 38.0 Å². The number of benzene rings is 1. The molecule has 1 aliphatic carbocycles. The Morgan fingerprint density at radius 2 is 1.92 bits per heavy atom. The highest BCUT2D eigenvalue weighted by Gasteiger charge is 2.35. The van der Waals surface area contributed by atoms with Crippen LogP contribution in [0.5, 0.6) is 0 Å². The predicted molar refractivity (Wildman–Crippen MR) is 97.2 cm³/mol. The number of amides is 1. The topological polar surface area (TPSA) is 90.1 Å². The lowest BCUT2D eigenvalue weighted by Crippen LogP contribution is -2.49. The second kappa shape index (κ2) is 7.19. The molecule has 0 atom stereocenters. The molecule has 1 aliphatic rings. The molecular formula is C19H24N4O2. The summed E-state index contributed by atoms with van der Waals surface area (Å²) in [6, 6.07) is 9.26. The van der Waals surface area contributed by atoms with Crippen LogP contribution in [0.1, 0.15) is 41.7 Å². The molecule has 1 heterocycles. The van der Waals surface area contributed by atoms with Crippen molar-refractivity contribution in [1.29, 1.82) is 0 Å². The van der Waals surface area contributed by atoms with Gasteiger partial charge in [0.2, 0.25) is 5.95 Å². The molecule has 0 saturated heterocycles. The molecule has 1 amide bonds. The number of rotatable bonds is 5. The summed E-state index contributed by atoms with van der Waals surface area (Å²) in [5, 5.41) is 3.18. The Bertz CT molecular complexity index is 732. The second-order valence-electron chi connectivity index (χ2n) is 6.70. The van der Waals surface area contributed by atoms with Gasteiger partial charge in [-0.25, -0.2) is 9.97 Å². The molecule has 6 heteroatoms. The molecule has 3 rings (SSSR count). The maximum atomic E-state index is 12.6. The number of hydrogen-bond acceptors (Lipinski definition) is 5. The van der Waals surface area contributed by atoms with E-state index in [9.17, 15) is 4.79 Å². The maximum Gasteiger partial charge on any atom is 0.251 e. The lowest BCUT2D eigenvalue weighted by atomic mass is 9.98. The largest absolute Gasteiger partial charge is 0.382 e. The van der Waals surface area contributed by atoms with Crippen molar-refractivity contribution in [3.05, 3.63) is 41.6 Å². The van der Waals surface area contributed by atoms with Gasteiger partial charge in [-0.3, -0.25) is 4.79 Å². The van der Waals surface area contributed by atoms with Crippen LogP contribution in [0.2, 0.25) is 0 Å². The van der Waals surface area contributed by atoms with E-state index in [4.69, 9.17) is 10.5 Å². The molecule has 1 saturated carbocycles. The van der Waals surface area contributed by atoms with Crippen molar-refractivity contribution in [3.8, 4) is 11.3 Å². The van der Waals surface area contributed by atoms with E-state index in [2.05, 4.69) is 15.3 Å². The fourth-order valence-corrected chi connectivity index (χ4v) is 3.48. The van der Waals surface area contributed by atoms with Crippen LogP contribution in [0.15, 0.2) is 30.3 Å². The Balaban J connectivity index is 1.76. The normalized spacial score (nSPS) is 15.9. The van der Waals surface area contributed by atoms with Gasteiger partial charge in [0.1, 0.15) is 0 Å². The fourth-order valence-electron chi connectivity index (χ4n) is 3.48. The van der Waals surface area contributed by atoms with E-state index in [1.165, 1.54) is 0 Å². The van der Waals surface area contributed by atoms with Crippen LogP contribution in [0.25, 0.3) is 11.3 Å². The van der Waals surface area contributed by atoms with E-state index in [0.717, 1.165) is 42.6 Å². The second-order valence-corrected chi connectivity index (χ2v) is 6.70. The van der Waals surface area contributed by atoms with Gasteiger partial charge >= 0.3 is 0 Å². The van der Waals surface area contributed by atoms with Crippen molar-refractivity contribution in [2.45, 2.75) is 38.1 Å². The minimum absolute atomic E-state index is 0.0659. The molecule has 0 unspecified atom stereocenters. The summed E-state index contributed by atoms with van der Waals surface area (Å²) in [5.41, 5.74) is 8.58. The quantitative estimate of drug-likeness (QED) is 0.873. The van der Waals surface area contributed by atoms with Crippen LogP contribution in [0, 0.1) is 6.92 Å². The van der Waals surface area contributed by atoms with Gasteiger partial charge < -0.3 is 15.8 Å². The molecule has 132 valence electrons. The number of hydrogen-bond donors (Lipinski definition) is 2. The maximum absolute atomic E-state index is 12.6. The van der Waals surface area contributed by atoms with E-state index in [1.807, 2.05) is 37.3 Å². The van der Waals surface area contributed by atoms with Gasteiger partial charge in [-0.1, -0.05) is 25.0 Å². The number of nitrogens with one attached hydrogen (secondary N) is 1. The third kappa shape index (κ3) is 3.96. The average Bonchev–Trinajstić information content (AvgIpc) is 3.02. The minimum Gasteiger partial charge on any atom is -0.382 e. The summed E-state index contributed by atoms with van der Waals surface area (Å²) in [4.78, 5) is 21.0. The van der Waals surface area contributed by atoms with Crippen LogP contribution in [0.4, 0.5) is 5.95 Å². The molecule has 1 fully saturated rings. The zero-order valence-electron chi connectivity index (χ0n) is 14.7. The monoisotopic (exact) mass is 340 g/mol. The Hall–Kier alpha value is -2.47. The predicted octanol–water partition coefficient (Wildman–Crippen LogP) is 2.72. The lowest BCUT2D eigenvalue weighted by molar-refractivity contribution is 0.0767. The van der Waals surface area contributed by atoms with Gasteiger partial charge in [0.15, 0.2) is 0 Å². The molecule has 0 spiro atoms. The number of anilines is 1. The van der Waals surface area contributed by atoms with Crippen LogP contribution < -0.4 is 11.1 Å². The number of carbonyl (C=O) groups is 1. The molecule has 1 aromatic carbocycles. The van der Waals surface area contributed by atoms with Crippen LogP contribution in [-0.4, -0.2) is 35.1 Å². The van der Waals surface area contributed by atoms with Crippen molar-refractivity contribution < 1.29 is 9.53 Å². The van der Waals surface area contributed by atoms with Gasteiger partial charge in [0.05, 0.1) is 17.8 Å². The van der Waals surface area contributed by atoms with Crippen molar-refractivity contribution in [2.75, 3.05) is 19.5 Å². The Kier molecular flexibility index (Phi) is 4.99. The van der Waals surface area contributed by atoms with E-state index in [0.29, 0.717) is 12.2 Å². The van der Waals surface area contributed by atoms with Crippen molar-refractivity contribution >= 4 is 11.9 Å². The fraction of sp³-hybridized carbons (Fsp3) is 0.421. The van der Waals surface area contributed by atoms with Gasteiger partial charge in [0.25, 0.3) is 5.91 Å². The van der Waals surface area contributed by atoms with Crippen LogP contribution in [0.3, 0.4) is 0 Å². The number of nitrogens with zero attached hydrogens (tertiary/aromatic N) is 2. The molecule has 0 aliphatic heterocycles. The number of nitrogens with two attached hydrogens (primary N) is 1. The van der Waals surface area contributed by atoms with Crippen molar-refractivity contribution in [2.24, 2.45) is 0 Å². The summed E-state index contributed by atoms with van der Waals surface area (Å²) >= 11 is 0. The highest BCUT2D eigenvalue weighted by molar-refractivity contribution is 5.95. The standard InChI is InChI=1S/C19H24N4O2/c1-13-11-16(22-18(20)21-13)14-5-7-15(8-6-14)17(24)23-19(12-25-2)9-3-4-10-19/h5-8,11H,3-4,9-10,12H2,1-2H3,(H,23,24)(H2,20,21,22). The SMILES string of the molecule is COCC1(NC(=O)c2ccc(-c3cc(C)nc(N)n3)cc2)CCCC1. The number of aromatic nitrogens is 2. The molecule has 3 N–H and O–H groups in total. The summed E-state index contributed by atoms with van der Waals surface area (Å²) in [7, 11) is 1.68. The summed E-state index contributed by atoms with van der Waals surface area (Å²) in [5.74, 6) is 0.184. The first kappa shape index (κ1) is 17.4. The first-order chi connectivity index (χ1) is 12.0. The number of ether oxygens (including phenoxy) is 1. The third-order valence-electron chi connectivity index (χ3n) is 4.67. The van der Waals surface area contributed by atoms with Crippen LogP contribution >= 0.6 is 0 Å². The number of carbonyl (C=O) groups excluding carboxylic acids is 1. The molecule has 0 radical (unpaired) electrons. The molecule has 25 heavy (non-hydrogen) atoms. The lowest BCUT2D eigenvalue weighted by Gasteiger charge is -2.29. The molecule has 0 bridgehead atoms. The summed E-state index contributed by atoms with van der Waals surface area (Å²) in [6.45, 7) is 2.43. The average molecular weight is 340 g/mol. The van der Waals surface area contributed by atoms with Crippen molar-refractivity contribution in [1.82, 2.24) is 15.3 Å². The smallest absolute Gasteiger partial charge is 0.251 e. The van der Waals surface area contributed by atoms with E-state index in [-0.39, 0.29) is 17.4 Å². The first-order valence-electron chi connectivity index (χ1n) is 8.54. The number of methoxy groups -OCH3 is 1. The van der Waals surface area contributed by atoms with E-state index >= 15 is 0 Å². The summed E-state index contributed by atoms with van der Waals surface area (Å²) < 4.78 is 5.32. The third-order valence-corrected chi connectivity index (χ3v) is 4.67. The highest BCUT2D eigenvalue weighted by atomic mass is 16.5. The molecular weight excluding hydrogens is 316 g/mol. The van der Waals surface area contributed by atoms with E-state index in [1.54, 1.807) is 7.11 Å². The Morgan fingerprint density at radius 1 is 1.24 bits per heavy atom. The van der Waals surface area contributed by atoms with E-state index < -0.39 is 0 Å². The minimum atomic E-state index is -0.233. The zero-order valence-corrected chi connectivity index (χ0v) is 14.7. The molecule has 1 aromatic heterocycles. The zero-order chi connectivity index (χ0) is 17.9. The van der Waals surface area contributed by atoms with Crippen LogP contribution in [-0.2, 0) is 4.74 Å². The van der Waals surface area contributed by atoms with Gasteiger partial charge in [-0.15, -0.1) is 0 Å². The summed E-state index contributed by atoms with van der Waals surface area (Å²) in [6.07, 6.45) is 4.17. The van der Waals surface area contributed by atoms with Gasteiger partial charge in [0, 0.05) is 23.9 Å². The highest BCUT2D eigenvalue weighted by Crippen LogP contribution is 2.30. The molecule has 2 aromatic rings. The molecule has 6 nitrogen and oxygen atoms in total.